The van der Waals surface area contributed by atoms with E-state index in [1.165, 1.54) is 22.6 Å². The Morgan fingerprint density at radius 3 is 2.81 bits per heavy atom. The fourth-order valence-electron chi connectivity index (χ4n) is 3.89. The molecule has 0 atom stereocenters. The van der Waals surface area contributed by atoms with E-state index in [1.807, 2.05) is 6.07 Å². The van der Waals surface area contributed by atoms with Crippen LogP contribution in [0.1, 0.15) is 48.8 Å². The number of benzene rings is 1. The Balaban J connectivity index is 1.62. The highest BCUT2D eigenvalue weighted by atomic mass is 16.2. The predicted octanol–water partition coefficient (Wildman–Crippen LogP) is 3.59. The number of rotatable bonds is 5. The zero-order valence-corrected chi connectivity index (χ0v) is 16.1. The molecule has 0 unspecified atom stereocenters. The zero-order valence-electron chi connectivity index (χ0n) is 16.1. The lowest BCUT2D eigenvalue weighted by atomic mass is 10.0. The first-order chi connectivity index (χ1) is 12.5. The molecule has 0 radical (unpaired) electrons. The van der Waals surface area contributed by atoms with Crippen LogP contribution in [-0.4, -0.2) is 29.8 Å². The summed E-state index contributed by atoms with van der Waals surface area (Å²) >= 11 is 0. The van der Waals surface area contributed by atoms with E-state index in [0.29, 0.717) is 12.6 Å². The van der Waals surface area contributed by atoms with Gasteiger partial charge in [-0.25, -0.2) is 5.43 Å². The van der Waals surface area contributed by atoms with Crippen LogP contribution in [0, 0.1) is 13.8 Å². The lowest BCUT2D eigenvalue weighted by molar-refractivity contribution is -0.119. The number of amides is 1. The number of carbonyl (C=O) groups is 1. The molecule has 1 aromatic carbocycles. The molecule has 1 aromatic heterocycles. The molecule has 138 valence electrons. The number of para-hydroxylation sites is 1. The summed E-state index contributed by atoms with van der Waals surface area (Å²) in [5.41, 5.74) is 8.57. The molecule has 0 fully saturated rings. The van der Waals surface area contributed by atoms with Gasteiger partial charge in [0.15, 0.2) is 0 Å². The van der Waals surface area contributed by atoms with Gasteiger partial charge in [0.25, 0.3) is 5.91 Å². The van der Waals surface area contributed by atoms with Gasteiger partial charge in [-0.3, -0.25) is 4.79 Å². The first kappa shape index (κ1) is 18.2. The van der Waals surface area contributed by atoms with Crippen molar-refractivity contribution < 1.29 is 4.79 Å². The fourth-order valence-corrected chi connectivity index (χ4v) is 3.89. The molecule has 5 nitrogen and oxygen atoms in total. The summed E-state index contributed by atoms with van der Waals surface area (Å²) in [7, 11) is 0. The second-order valence-corrected chi connectivity index (χ2v) is 7.24. The summed E-state index contributed by atoms with van der Waals surface area (Å²) in [6.45, 7) is 9.75. The lowest BCUT2D eigenvalue weighted by Gasteiger charge is -2.30. The summed E-state index contributed by atoms with van der Waals surface area (Å²) < 4.78 is 2.27. The third kappa shape index (κ3) is 3.82. The normalized spacial score (nSPS) is 14.1. The standard InChI is InChI=1S/C21H28N4O/c1-15(2)25-16(3)12-19(17(25)4)13-22-23-21(26)14-24-11-7-9-18-8-5-6-10-20(18)24/h5-6,8,10,12-13,15H,7,9,11,14H2,1-4H3,(H,23,26)/b22-13-. The molecular formula is C21H28N4O. The molecule has 0 bridgehead atoms. The van der Waals surface area contributed by atoms with Gasteiger partial charge in [-0.1, -0.05) is 18.2 Å². The van der Waals surface area contributed by atoms with Crippen LogP contribution in [0.4, 0.5) is 5.69 Å². The van der Waals surface area contributed by atoms with Crippen LogP contribution in [0.5, 0.6) is 0 Å². The van der Waals surface area contributed by atoms with Crippen LogP contribution in [0.2, 0.25) is 0 Å². The molecule has 0 spiro atoms. The maximum Gasteiger partial charge on any atom is 0.259 e. The minimum Gasteiger partial charge on any atom is -0.362 e. The van der Waals surface area contributed by atoms with Crippen molar-refractivity contribution in [2.75, 3.05) is 18.0 Å². The predicted molar refractivity (Wildman–Crippen MR) is 107 cm³/mol. The molecule has 0 saturated carbocycles. The highest BCUT2D eigenvalue weighted by Gasteiger charge is 2.18. The minimum atomic E-state index is -0.0874. The number of nitrogens with zero attached hydrogens (tertiary/aromatic N) is 3. The lowest BCUT2D eigenvalue weighted by Crippen LogP contribution is -2.38. The maximum absolute atomic E-state index is 12.3. The number of nitrogens with one attached hydrogen (secondary N) is 1. The number of hydrogen-bond donors (Lipinski definition) is 1. The number of hydrogen-bond acceptors (Lipinski definition) is 3. The second-order valence-electron chi connectivity index (χ2n) is 7.24. The summed E-state index contributed by atoms with van der Waals surface area (Å²) in [4.78, 5) is 14.4. The van der Waals surface area contributed by atoms with Crippen molar-refractivity contribution in [3.8, 4) is 0 Å². The van der Waals surface area contributed by atoms with E-state index in [9.17, 15) is 4.79 Å². The van der Waals surface area contributed by atoms with Gasteiger partial charge in [-0.15, -0.1) is 0 Å². The van der Waals surface area contributed by atoms with Gasteiger partial charge in [0.05, 0.1) is 12.8 Å². The first-order valence-corrected chi connectivity index (χ1v) is 9.30. The van der Waals surface area contributed by atoms with Crippen molar-refractivity contribution in [1.82, 2.24) is 9.99 Å². The molecular weight excluding hydrogens is 324 g/mol. The smallest absolute Gasteiger partial charge is 0.259 e. The topological polar surface area (TPSA) is 49.6 Å². The number of aryl methyl sites for hydroxylation is 2. The van der Waals surface area contributed by atoms with Crippen molar-refractivity contribution in [1.29, 1.82) is 0 Å². The molecule has 0 aliphatic carbocycles. The number of hydrazone groups is 1. The van der Waals surface area contributed by atoms with Crippen molar-refractivity contribution >= 4 is 17.8 Å². The van der Waals surface area contributed by atoms with Gasteiger partial charge < -0.3 is 9.47 Å². The van der Waals surface area contributed by atoms with E-state index >= 15 is 0 Å². The van der Waals surface area contributed by atoms with E-state index in [4.69, 9.17) is 0 Å². The summed E-state index contributed by atoms with van der Waals surface area (Å²) in [5, 5.41) is 4.17. The van der Waals surface area contributed by atoms with Gasteiger partial charge in [-0.05, 0) is 58.2 Å². The van der Waals surface area contributed by atoms with E-state index in [2.05, 4.69) is 72.0 Å². The van der Waals surface area contributed by atoms with Crippen LogP contribution >= 0.6 is 0 Å². The molecule has 3 rings (SSSR count). The number of aromatic nitrogens is 1. The maximum atomic E-state index is 12.3. The molecule has 1 aliphatic heterocycles. The molecule has 5 heteroatoms. The van der Waals surface area contributed by atoms with Crippen LogP contribution in [0.3, 0.4) is 0 Å². The largest absolute Gasteiger partial charge is 0.362 e. The van der Waals surface area contributed by atoms with Crippen LogP contribution in [0.25, 0.3) is 0 Å². The van der Waals surface area contributed by atoms with Crippen molar-refractivity contribution in [3.05, 3.63) is 52.8 Å². The summed E-state index contributed by atoms with van der Waals surface area (Å²) in [5.74, 6) is -0.0874. The monoisotopic (exact) mass is 352 g/mol. The molecule has 1 amide bonds. The average molecular weight is 352 g/mol. The third-order valence-corrected chi connectivity index (χ3v) is 4.97. The Hall–Kier alpha value is -2.56. The van der Waals surface area contributed by atoms with Crippen LogP contribution < -0.4 is 10.3 Å². The van der Waals surface area contributed by atoms with E-state index in [0.717, 1.165) is 24.9 Å². The minimum absolute atomic E-state index is 0.0874. The Bertz CT molecular complexity index is 819. The zero-order chi connectivity index (χ0) is 18.7. The number of anilines is 1. The van der Waals surface area contributed by atoms with Crippen molar-refractivity contribution in [2.24, 2.45) is 5.10 Å². The Morgan fingerprint density at radius 2 is 2.08 bits per heavy atom. The Morgan fingerprint density at radius 1 is 1.31 bits per heavy atom. The van der Waals surface area contributed by atoms with Crippen LogP contribution in [0.15, 0.2) is 35.4 Å². The summed E-state index contributed by atoms with van der Waals surface area (Å²) in [6.07, 6.45) is 3.90. The number of fused-ring (bicyclic) bond motifs is 1. The van der Waals surface area contributed by atoms with E-state index < -0.39 is 0 Å². The highest BCUT2D eigenvalue weighted by Crippen LogP contribution is 2.26. The van der Waals surface area contributed by atoms with E-state index in [-0.39, 0.29) is 5.91 Å². The summed E-state index contributed by atoms with van der Waals surface area (Å²) in [6, 6.07) is 10.8. The molecule has 1 aliphatic rings. The third-order valence-electron chi connectivity index (χ3n) is 4.97. The van der Waals surface area contributed by atoms with Gasteiger partial charge in [0, 0.05) is 35.2 Å². The average Bonchev–Trinajstić information content (AvgIpc) is 2.89. The fraction of sp³-hybridized carbons (Fsp3) is 0.429. The molecule has 0 saturated heterocycles. The van der Waals surface area contributed by atoms with Gasteiger partial charge >= 0.3 is 0 Å². The van der Waals surface area contributed by atoms with E-state index in [1.54, 1.807) is 6.21 Å². The van der Waals surface area contributed by atoms with Crippen molar-refractivity contribution in [2.45, 2.75) is 46.6 Å². The van der Waals surface area contributed by atoms with Gasteiger partial charge in [0.1, 0.15) is 0 Å². The Kier molecular flexibility index (Phi) is 5.45. The van der Waals surface area contributed by atoms with Gasteiger partial charge in [-0.2, -0.15) is 5.10 Å². The molecule has 1 N–H and O–H groups in total. The molecule has 2 aromatic rings. The van der Waals surface area contributed by atoms with Crippen LogP contribution in [-0.2, 0) is 11.2 Å². The quantitative estimate of drug-likeness (QED) is 0.660. The molecule has 2 heterocycles. The van der Waals surface area contributed by atoms with Gasteiger partial charge in [0.2, 0.25) is 0 Å². The first-order valence-electron chi connectivity index (χ1n) is 9.30. The second kappa shape index (κ2) is 7.77. The molecule has 26 heavy (non-hydrogen) atoms. The highest BCUT2D eigenvalue weighted by molar-refractivity contribution is 5.85. The number of carbonyl (C=O) groups excluding carboxylic acids is 1. The SMILES string of the molecule is Cc1cc(/C=N\NC(=O)CN2CCCc3ccccc32)c(C)n1C(C)C. The van der Waals surface area contributed by atoms with Crippen molar-refractivity contribution in [3.63, 3.8) is 0 Å². The Labute approximate surface area is 155 Å².